The van der Waals surface area contributed by atoms with Crippen molar-refractivity contribution in [2.24, 2.45) is 4.99 Å². The van der Waals surface area contributed by atoms with E-state index in [-0.39, 0.29) is 0 Å². The standard InChI is InChI=1S/C22H39N5/c1-4-5-14-25(3)22(23-2)24-13-9-10-15-26-16-18-27(19-17-26)20-21-11-7-6-8-12-21/h6-8,11-12H,4-5,9-10,13-20H2,1-3H3,(H,23,24). The van der Waals surface area contributed by atoms with Crippen molar-refractivity contribution in [3.05, 3.63) is 35.9 Å². The number of nitrogens with zero attached hydrogens (tertiary/aromatic N) is 4. The van der Waals surface area contributed by atoms with Gasteiger partial charge in [0, 0.05) is 59.9 Å². The molecule has 0 saturated carbocycles. The van der Waals surface area contributed by atoms with Gasteiger partial charge in [0.25, 0.3) is 0 Å². The van der Waals surface area contributed by atoms with E-state index in [1.165, 1.54) is 64.0 Å². The number of unbranched alkanes of at least 4 members (excludes halogenated alkanes) is 2. The lowest BCUT2D eigenvalue weighted by Crippen LogP contribution is -2.46. The number of hydrogen-bond acceptors (Lipinski definition) is 3. The van der Waals surface area contributed by atoms with Crippen LogP contribution in [0.2, 0.25) is 0 Å². The topological polar surface area (TPSA) is 34.1 Å². The van der Waals surface area contributed by atoms with Gasteiger partial charge < -0.3 is 15.1 Å². The molecule has 0 aromatic heterocycles. The monoisotopic (exact) mass is 373 g/mol. The molecule has 152 valence electrons. The first-order valence-electron chi connectivity index (χ1n) is 10.6. The van der Waals surface area contributed by atoms with E-state index in [1.54, 1.807) is 0 Å². The van der Waals surface area contributed by atoms with Gasteiger partial charge in [0.05, 0.1) is 0 Å². The summed E-state index contributed by atoms with van der Waals surface area (Å²) in [7, 11) is 4.00. The maximum atomic E-state index is 4.39. The van der Waals surface area contributed by atoms with Gasteiger partial charge >= 0.3 is 0 Å². The predicted molar refractivity (Wildman–Crippen MR) is 116 cm³/mol. The third-order valence-electron chi connectivity index (χ3n) is 5.32. The highest BCUT2D eigenvalue weighted by Gasteiger charge is 2.16. The van der Waals surface area contributed by atoms with Crippen LogP contribution in [0.3, 0.4) is 0 Å². The molecule has 1 aromatic carbocycles. The Kier molecular flexibility index (Phi) is 10.2. The first-order chi connectivity index (χ1) is 13.2. The van der Waals surface area contributed by atoms with Crippen LogP contribution in [0.25, 0.3) is 0 Å². The number of piperazine rings is 1. The van der Waals surface area contributed by atoms with Crippen molar-refractivity contribution in [1.82, 2.24) is 20.0 Å². The highest BCUT2D eigenvalue weighted by atomic mass is 15.3. The largest absolute Gasteiger partial charge is 0.356 e. The van der Waals surface area contributed by atoms with E-state index in [9.17, 15) is 0 Å². The third-order valence-corrected chi connectivity index (χ3v) is 5.32. The molecular formula is C22H39N5. The molecule has 1 aliphatic heterocycles. The van der Waals surface area contributed by atoms with Crippen molar-refractivity contribution >= 4 is 5.96 Å². The molecule has 27 heavy (non-hydrogen) atoms. The average molecular weight is 374 g/mol. The van der Waals surface area contributed by atoms with Crippen molar-refractivity contribution in [3.63, 3.8) is 0 Å². The second-order valence-corrected chi connectivity index (χ2v) is 7.56. The van der Waals surface area contributed by atoms with E-state index in [0.29, 0.717) is 0 Å². The van der Waals surface area contributed by atoms with Crippen molar-refractivity contribution in [2.45, 2.75) is 39.2 Å². The van der Waals surface area contributed by atoms with E-state index < -0.39 is 0 Å². The van der Waals surface area contributed by atoms with E-state index >= 15 is 0 Å². The van der Waals surface area contributed by atoms with E-state index in [0.717, 1.165) is 25.6 Å². The summed E-state index contributed by atoms with van der Waals surface area (Å²) >= 11 is 0. The zero-order valence-electron chi connectivity index (χ0n) is 17.7. The smallest absolute Gasteiger partial charge is 0.193 e. The molecule has 1 N–H and O–H groups in total. The van der Waals surface area contributed by atoms with Gasteiger partial charge in [0.2, 0.25) is 0 Å². The average Bonchev–Trinajstić information content (AvgIpc) is 2.71. The summed E-state index contributed by atoms with van der Waals surface area (Å²) in [5, 5.41) is 3.50. The molecule has 1 fully saturated rings. The number of guanidine groups is 1. The van der Waals surface area contributed by atoms with Crippen LogP contribution in [0.15, 0.2) is 35.3 Å². The third kappa shape index (κ3) is 8.31. The first-order valence-corrected chi connectivity index (χ1v) is 10.6. The molecule has 0 unspecified atom stereocenters. The number of rotatable bonds is 10. The Morgan fingerprint density at radius 2 is 1.74 bits per heavy atom. The Bertz CT molecular complexity index is 523. The minimum absolute atomic E-state index is 1.01. The van der Waals surface area contributed by atoms with E-state index in [2.05, 4.69) is 69.3 Å². The van der Waals surface area contributed by atoms with Gasteiger partial charge in [-0.2, -0.15) is 0 Å². The number of aliphatic imine (C=N–C) groups is 1. The van der Waals surface area contributed by atoms with Gasteiger partial charge in [-0.05, 0) is 31.4 Å². The fourth-order valence-electron chi connectivity index (χ4n) is 3.56. The minimum atomic E-state index is 1.01. The molecule has 0 amide bonds. The molecular weight excluding hydrogens is 334 g/mol. The van der Waals surface area contributed by atoms with Gasteiger partial charge in [0.1, 0.15) is 0 Å². The molecule has 0 atom stereocenters. The summed E-state index contributed by atoms with van der Waals surface area (Å²) in [6, 6.07) is 10.8. The van der Waals surface area contributed by atoms with E-state index in [1.807, 2.05) is 7.05 Å². The lowest BCUT2D eigenvalue weighted by Gasteiger charge is -2.34. The summed E-state index contributed by atoms with van der Waals surface area (Å²) in [5.74, 6) is 1.03. The molecule has 1 aliphatic rings. The molecule has 0 bridgehead atoms. The molecule has 2 rings (SSSR count). The molecule has 5 nitrogen and oxygen atoms in total. The lowest BCUT2D eigenvalue weighted by molar-refractivity contribution is 0.126. The highest BCUT2D eigenvalue weighted by molar-refractivity contribution is 5.79. The number of nitrogens with one attached hydrogen (secondary N) is 1. The van der Waals surface area contributed by atoms with Crippen LogP contribution in [-0.4, -0.2) is 80.6 Å². The number of hydrogen-bond donors (Lipinski definition) is 1. The zero-order chi connectivity index (χ0) is 19.3. The van der Waals surface area contributed by atoms with Gasteiger partial charge in [-0.15, -0.1) is 0 Å². The Labute approximate surface area is 166 Å². The van der Waals surface area contributed by atoms with Crippen LogP contribution < -0.4 is 5.32 Å². The van der Waals surface area contributed by atoms with E-state index in [4.69, 9.17) is 0 Å². The van der Waals surface area contributed by atoms with Crippen LogP contribution >= 0.6 is 0 Å². The molecule has 0 radical (unpaired) electrons. The summed E-state index contributed by atoms with van der Waals surface area (Å²) < 4.78 is 0. The van der Waals surface area contributed by atoms with Crippen LogP contribution in [0.1, 0.15) is 38.2 Å². The summed E-state index contributed by atoms with van der Waals surface area (Å²) in [6.45, 7) is 11.4. The second kappa shape index (κ2) is 12.7. The minimum Gasteiger partial charge on any atom is -0.356 e. The van der Waals surface area contributed by atoms with Gasteiger partial charge in [0.15, 0.2) is 5.96 Å². The molecule has 1 heterocycles. The quantitative estimate of drug-likeness (QED) is 0.388. The first kappa shape index (κ1) is 21.7. The van der Waals surface area contributed by atoms with Crippen molar-refractivity contribution < 1.29 is 0 Å². The summed E-state index contributed by atoms with van der Waals surface area (Å²) in [4.78, 5) is 11.8. The van der Waals surface area contributed by atoms with Crippen LogP contribution in [0, 0.1) is 0 Å². The van der Waals surface area contributed by atoms with Crippen LogP contribution in [0.5, 0.6) is 0 Å². The van der Waals surface area contributed by atoms with Gasteiger partial charge in [-0.1, -0.05) is 43.7 Å². The van der Waals surface area contributed by atoms with Gasteiger partial charge in [-0.3, -0.25) is 9.89 Å². The Morgan fingerprint density at radius 1 is 1.04 bits per heavy atom. The fraction of sp³-hybridized carbons (Fsp3) is 0.682. The van der Waals surface area contributed by atoms with Crippen molar-refractivity contribution in [3.8, 4) is 0 Å². The predicted octanol–water partition coefficient (Wildman–Crippen LogP) is 2.89. The Morgan fingerprint density at radius 3 is 2.41 bits per heavy atom. The second-order valence-electron chi connectivity index (χ2n) is 7.56. The van der Waals surface area contributed by atoms with Crippen LogP contribution in [0.4, 0.5) is 0 Å². The van der Waals surface area contributed by atoms with Crippen molar-refractivity contribution in [1.29, 1.82) is 0 Å². The zero-order valence-corrected chi connectivity index (χ0v) is 17.7. The normalized spacial score (nSPS) is 16.5. The molecule has 0 aliphatic carbocycles. The van der Waals surface area contributed by atoms with Gasteiger partial charge in [-0.25, -0.2) is 0 Å². The number of benzene rings is 1. The highest BCUT2D eigenvalue weighted by Crippen LogP contribution is 2.09. The maximum Gasteiger partial charge on any atom is 0.193 e. The molecule has 1 saturated heterocycles. The fourth-order valence-corrected chi connectivity index (χ4v) is 3.56. The SMILES string of the molecule is CCCCN(C)C(=NC)NCCCCN1CCN(Cc2ccccc2)CC1. The molecule has 0 spiro atoms. The molecule has 1 aromatic rings. The Balaban J connectivity index is 1.54. The summed E-state index contributed by atoms with van der Waals surface area (Å²) in [5.41, 5.74) is 1.43. The molecule has 5 heteroatoms. The Hall–Kier alpha value is -1.59. The maximum absolute atomic E-state index is 4.39. The van der Waals surface area contributed by atoms with Crippen molar-refractivity contribution in [2.75, 3.05) is 59.9 Å². The van der Waals surface area contributed by atoms with Crippen LogP contribution in [-0.2, 0) is 6.54 Å². The lowest BCUT2D eigenvalue weighted by atomic mass is 10.2. The summed E-state index contributed by atoms with van der Waals surface area (Å²) in [6.07, 6.45) is 4.89.